The minimum absolute atomic E-state index is 0.0247. The molecule has 0 radical (unpaired) electrons. The summed E-state index contributed by atoms with van der Waals surface area (Å²) in [7, 11) is 0. The maximum Gasteiger partial charge on any atom is 0.411 e. The minimum Gasteiger partial charge on any atom is -0.494 e. The monoisotopic (exact) mass is 362 g/mol. The lowest BCUT2D eigenvalue weighted by atomic mass is 10.2. The molecule has 2 atom stereocenters. The highest BCUT2D eigenvalue weighted by atomic mass is 16.6. The topological polar surface area (TPSA) is 50.8 Å². The van der Waals surface area contributed by atoms with Crippen molar-refractivity contribution in [1.29, 1.82) is 0 Å². The maximum atomic E-state index is 12.3. The van der Waals surface area contributed by atoms with E-state index in [1.54, 1.807) is 0 Å². The zero-order valence-electron chi connectivity index (χ0n) is 16.5. The highest BCUT2D eigenvalue weighted by molar-refractivity contribution is 5.85. The zero-order chi connectivity index (χ0) is 18.8. The fourth-order valence-corrected chi connectivity index (χ4v) is 3.64. The van der Waals surface area contributed by atoms with Crippen LogP contribution in [0.15, 0.2) is 24.3 Å². The van der Waals surface area contributed by atoms with Crippen LogP contribution in [0.1, 0.15) is 59.3 Å². The van der Waals surface area contributed by atoms with Gasteiger partial charge in [-0.1, -0.05) is 39.7 Å². The van der Waals surface area contributed by atoms with Gasteiger partial charge in [0.15, 0.2) is 0 Å². The fraction of sp³-hybridized carbons (Fsp3) is 0.667. The molecule has 0 aromatic heterocycles. The lowest BCUT2D eigenvalue weighted by Gasteiger charge is -2.30. The molecule has 0 heterocycles. The Morgan fingerprint density at radius 2 is 2.00 bits per heavy atom. The molecule has 1 aromatic carbocycles. The number of anilines is 1. The molecular weight excluding hydrogens is 328 g/mol. The van der Waals surface area contributed by atoms with E-state index < -0.39 is 0 Å². The number of rotatable bonds is 10. The van der Waals surface area contributed by atoms with Gasteiger partial charge in [-0.25, -0.2) is 4.79 Å². The lowest BCUT2D eigenvalue weighted by Crippen LogP contribution is -2.42. The Bertz CT molecular complexity index is 546. The van der Waals surface area contributed by atoms with Crippen molar-refractivity contribution in [3.05, 3.63) is 24.3 Å². The number of hydrogen-bond acceptors (Lipinski definition) is 4. The molecule has 2 rings (SSSR count). The van der Waals surface area contributed by atoms with Crippen LogP contribution in [0, 0.1) is 0 Å². The summed E-state index contributed by atoms with van der Waals surface area (Å²) in [6, 6.07) is 7.85. The van der Waals surface area contributed by atoms with Crippen LogP contribution in [0.25, 0.3) is 0 Å². The Kier molecular flexibility index (Phi) is 8.75. The molecule has 1 aliphatic carbocycles. The number of hydrogen-bond donors (Lipinski definition) is 1. The molecule has 146 valence electrons. The molecule has 1 aliphatic rings. The van der Waals surface area contributed by atoms with E-state index in [-0.39, 0.29) is 12.2 Å². The molecule has 1 fully saturated rings. The van der Waals surface area contributed by atoms with Gasteiger partial charge in [-0.05, 0) is 50.9 Å². The number of unbranched alkanes of at least 4 members (excludes halogenated alkanes) is 2. The van der Waals surface area contributed by atoms with Crippen molar-refractivity contribution < 1.29 is 14.3 Å². The number of benzene rings is 1. The van der Waals surface area contributed by atoms with Crippen LogP contribution in [-0.2, 0) is 4.74 Å². The number of amides is 1. The van der Waals surface area contributed by atoms with Gasteiger partial charge in [-0.15, -0.1) is 0 Å². The highest BCUT2D eigenvalue weighted by Crippen LogP contribution is 2.27. The highest BCUT2D eigenvalue weighted by Gasteiger charge is 2.33. The van der Waals surface area contributed by atoms with Crippen LogP contribution in [0.4, 0.5) is 10.5 Å². The third-order valence-electron chi connectivity index (χ3n) is 5.05. The second kappa shape index (κ2) is 11.1. The van der Waals surface area contributed by atoms with Crippen molar-refractivity contribution in [3.63, 3.8) is 0 Å². The predicted molar refractivity (Wildman–Crippen MR) is 106 cm³/mol. The van der Waals surface area contributed by atoms with Crippen molar-refractivity contribution in [3.8, 4) is 5.75 Å². The second-order valence-electron chi connectivity index (χ2n) is 6.87. The van der Waals surface area contributed by atoms with E-state index >= 15 is 0 Å². The van der Waals surface area contributed by atoms with Crippen LogP contribution >= 0.6 is 0 Å². The Labute approximate surface area is 158 Å². The normalized spacial score (nSPS) is 19.5. The Morgan fingerprint density at radius 3 is 2.73 bits per heavy atom. The fourth-order valence-electron chi connectivity index (χ4n) is 3.64. The summed E-state index contributed by atoms with van der Waals surface area (Å²) in [4.78, 5) is 14.7. The number of nitrogens with one attached hydrogen (secondary N) is 1. The molecule has 2 unspecified atom stereocenters. The van der Waals surface area contributed by atoms with Gasteiger partial charge in [0.1, 0.15) is 11.9 Å². The number of nitrogens with zero attached hydrogens (tertiary/aromatic N) is 1. The van der Waals surface area contributed by atoms with E-state index in [2.05, 4.69) is 31.0 Å². The number of carbonyl (C=O) groups is 1. The third-order valence-corrected chi connectivity index (χ3v) is 5.05. The molecule has 0 aliphatic heterocycles. The van der Waals surface area contributed by atoms with Crippen molar-refractivity contribution in [1.82, 2.24) is 4.90 Å². The first-order valence-electron chi connectivity index (χ1n) is 10.1. The van der Waals surface area contributed by atoms with Gasteiger partial charge in [-0.3, -0.25) is 10.2 Å². The van der Waals surface area contributed by atoms with Crippen LogP contribution in [0.5, 0.6) is 5.75 Å². The zero-order valence-corrected chi connectivity index (χ0v) is 16.5. The molecule has 0 spiro atoms. The first-order chi connectivity index (χ1) is 12.7. The molecular formula is C21H34N2O3. The van der Waals surface area contributed by atoms with E-state index in [1.165, 1.54) is 12.8 Å². The van der Waals surface area contributed by atoms with E-state index in [0.717, 1.165) is 44.5 Å². The first-order valence-corrected chi connectivity index (χ1v) is 10.1. The summed E-state index contributed by atoms with van der Waals surface area (Å²) >= 11 is 0. The Hall–Kier alpha value is -1.75. The van der Waals surface area contributed by atoms with Crippen molar-refractivity contribution in [2.75, 3.05) is 25.0 Å². The first kappa shape index (κ1) is 20.6. The van der Waals surface area contributed by atoms with Gasteiger partial charge >= 0.3 is 6.09 Å². The quantitative estimate of drug-likeness (QED) is 0.591. The van der Waals surface area contributed by atoms with Gasteiger partial charge in [0.25, 0.3) is 0 Å². The van der Waals surface area contributed by atoms with Gasteiger partial charge in [0.05, 0.1) is 6.61 Å². The van der Waals surface area contributed by atoms with Crippen molar-refractivity contribution in [2.24, 2.45) is 0 Å². The standard InChI is InChI=1S/C21H34N2O3/c1-4-7-8-15-25-18-12-9-11-17(16-18)22-21(24)26-20-14-10-13-19(20)23(5-2)6-3/h9,11-12,16,19-20H,4-8,10,13-15H2,1-3H3,(H,22,24). The van der Waals surface area contributed by atoms with Crippen molar-refractivity contribution >= 4 is 11.8 Å². The Morgan fingerprint density at radius 1 is 1.19 bits per heavy atom. The van der Waals surface area contributed by atoms with E-state index in [4.69, 9.17) is 9.47 Å². The lowest BCUT2D eigenvalue weighted by molar-refractivity contribution is 0.0549. The molecule has 1 amide bonds. The summed E-state index contributed by atoms with van der Waals surface area (Å²) < 4.78 is 11.5. The number of carbonyl (C=O) groups excluding carboxylic acids is 1. The molecule has 26 heavy (non-hydrogen) atoms. The number of ether oxygens (including phenoxy) is 2. The smallest absolute Gasteiger partial charge is 0.411 e. The van der Waals surface area contributed by atoms with E-state index in [1.807, 2.05) is 24.3 Å². The molecule has 0 bridgehead atoms. The summed E-state index contributed by atoms with van der Waals surface area (Å²) in [6.45, 7) is 9.16. The van der Waals surface area contributed by atoms with E-state index in [9.17, 15) is 4.79 Å². The van der Waals surface area contributed by atoms with Crippen LogP contribution in [0.2, 0.25) is 0 Å². The minimum atomic E-state index is -0.378. The molecule has 1 aromatic rings. The summed E-state index contributed by atoms with van der Waals surface area (Å²) in [6.07, 6.45) is 6.13. The molecule has 1 N–H and O–H groups in total. The molecule has 5 nitrogen and oxygen atoms in total. The van der Waals surface area contributed by atoms with Crippen LogP contribution in [0.3, 0.4) is 0 Å². The van der Waals surface area contributed by atoms with Gasteiger partial charge < -0.3 is 9.47 Å². The van der Waals surface area contributed by atoms with Gasteiger partial charge in [-0.2, -0.15) is 0 Å². The molecule has 5 heteroatoms. The molecule has 1 saturated carbocycles. The Balaban J connectivity index is 1.85. The second-order valence-corrected chi connectivity index (χ2v) is 6.87. The average molecular weight is 363 g/mol. The third kappa shape index (κ3) is 6.20. The van der Waals surface area contributed by atoms with E-state index in [0.29, 0.717) is 18.3 Å². The van der Waals surface area contributed by atoms with Gasteiger partial charge in [0.2, 0.25) is 0 Å². The summed E-state index contributed by atoms with van der Waals surface area (Å²) in [5, 5.41) is 2.85. The predicted octanol–water partition coefficient (Wildman–Crippen LogP) is 5.07. The van der Waals surface area contributed by atoms with Gasteiger partial charge in [0, 0.05) is 17.8 Å². The average Bonchev–Trinajstić information content (AvgIpc) is 3.08. The SMILES string of the molecule is CCCCCOc1cccc(NC(=O)OC2CCCC2N(CC)CC)c1. The number of likely N-dealkylation sites (N-methyl/N-ethyl adjacent to an activating group) is 1. The largest absolute Gasteiger partial charge is 0.494 e. The molecule has 0 saturated heterocycles. The summed E-state index contributed by atoms with van der Waals surface area (Å²) in [5.41, 5.74) is 0.709. The van der Waals surface area contributed by atoms with Crippen LogP contribution in [-0.4, -0.2) is 42.8 Å². The maximum absolute atomic E-state index is 12.3. The van der Waals surface area contributed by atoms with Crippen molar-refractivity contribution in [2.45, 2.75) is 71.4 Å². The van der Waals surface area contributed by atoms with Crippen LogP contribution < -0.4 is 10.1 Å². The summed E-state index contributed by atoms with van der Waals surface area (Å²) in [5.74, 6) is 0.779.